The van der Waals surface area contributed by atoms with Crippen LogP contribution in [0.1, 0.15) is 5.82 Å². The highest BCUT2D eigenvalue weighted by molar-refractivity contribution is 5.75. The molecule has 2 aromatic rings. The third-order valence-electron chi connectivity index (χ3n) is 3.37. The fourth-order valence-corrected chi connectivity index (χ4v) is 2.29. The van der Waals surface area contributed by atoms with Crippen LogP contribution in [0.3, 0.4) is 0 Å². The van der Waals surface area contributed by atoms with Crippen LogP contribution in [-0.4, -0.2) is 53.7 Å². The van der Waals surface area contributed by atoms with Gasteiger partial charge in [-0.2, -0.15) is 0 Å². The van der Waals surface area contributed by atoms with E-state index >= 15 is 0 Å². The zero-order valence-corrected chi connectivity index (χ0v) is 11.3. The van der Waals surface area contributed by atoms with Crippen molar-refractivity contribution in [2.24, 2.45) is 0 Å². The Morgan fingerprint density at radius 1 is 1.35 bits per heavy atom. The number of benzene rings is 1. The maximum absolute atomic E-state index is 11.9. The quantitative estimate of drug-likeness (QED) is 0.882. The Morgan fingerprint density at radius 2 is 2.15 bits per heavy atom. The number of carbonyl (C=O) groups is 1. The van der Waals surface area contributed by atoms with E-state index in [1.54, 1.807) is 4.90 Å². The number of para-hydroxylation sites is 2. The van der Waals surface area contributed by atoms with E-state index in [9.17, 15) is 4.79 Å². The third kappa shape index (κ3) is 2.91. The van der Waals surface area contributed by atoms with Gasteiger partial charge >= 0.3 is 6.03 Å². The number of fused-ring (bicyclic) bond motifs is 1. The van der Waals surface area contributed by atoms with Crippen molar-refractivity contribution in [2.75, 3.05) is 32.8 Å². The number of nitrogens with one attached hydrogen (secondary N) is 2. The number of H-pyrrole nitrogens is 1. The van der Waals surface area contributed by atoms with Gasteiger partial charge in [-0.3, -0.25) is 0 Å². The zero-order chi connectivity index (χ0) is 13.8. The summed E-state index contributed by atoms with van der Waals surface area (Å²) in [6.45, 7) is 3.15. The van der Waals surface area contributed by atoms with Crippen LogP contribution in [0.15, 0.2) is 24.3 Å². The third-order valence-corrected chi connectivity index (χ3v) is 3.37. The first-order valence-corrected chi connectivity index (χ1v) is 6.87. The molecule has 6 nitrogen and oxygen atoms in total. The number of imidazole rings is 1. The Balaban J connectivity index is 1.50. The van der Waals surface area contributed by atoms with Gasteiger partial charge in [-0.15, -0.1) is 0 Å². The van der Waals surface area contributed by atoms with Crippen molar-refractivity contribution < 1.29 is 9.53 Å². The number of aromatic amines is 1. The van der Waals surface area contributed by atoms with E-state index in [0.29, 0.717) is 39.3 Å². The number of urea groups is 1. The fourth-order valence-electron chi connectivity index (χ4n) is 2.29. The second-order valence-corrected chi connectivity index (χ2v) is 4.78. The summed E-state index contributed by atoms with van der Waals surface area (Å²) in [7, 11) is 0. The van der Waals surface area contributed by atoms with Crippen molar-refractivity contribution in [1.82, 2.24) is 20.2 Å². The number of amides is 2. The molecule has 1 fully saturated rings. The molecule has 2 N–H and O–H groups in total. The number of hydrogen-bond donors (Lipinski definition) is 2. The minimum atomic E-state index is -0.0237. The topological polar surface area (TPSA) is 70.2 Å². The maximum Gasteiger partial charge on any atom is 0.317 e. The lowest BCUT2D eigenvalue weighted by Gasteiger charge is -2.26. The summed E-state index contributed by atoms with van der Waals surface area (Å²) in [5, 5.41) is 2.92. The zero-order valence-electron chi connectivity index (χ0n) is 11.3. The van der Waals surface area contributed by atoms with Gasteiger partial charge in [-0.05, 0) is 12.1 Å². The smallest absolute Gasteiger partial charge is 0.317 e. The van der Waals surface area contributed by atoms with Crippen LogP contribution < -0.4 is 5.32 Å². The molecule has 106 valence electrons. The van der Waals surface area contributed by atoms with Crippen molar-refractivity contribution in [1.29, 1.82) is 0 Å². The Labute approximate surface area is 117 Å². The summed E-state index contributed by atoms with van der Waals surface area (Å²) >= 11 is 0. The normalized spacial score (nSPS) is 15.5. The molecule has 6 heteroatoms. The average molecular weight is 274 g/mol. The van der Waals surface area contributed by atoms with Gasteiger partial charge in [-0.25, -0.2) is 9.78 Å². The molecule has 0 bridgehead atoms. The van der Waals surface area contributed by atoms with Crippen molar-refractivity contribution in [3.05, 3.63) is 30.1 Å². The van der Waals surface area contributed by atoms with Gasteiger partial charge in [-0.1, -0.05) is 12.1 Å². The molecule has 0 radical (unpaired) electrons. The lowest BCUT2D eigenvalue weighted by molar-refractivity contribution is 0.0533. The van der Waals surface area contributed by atoms with Gasteiger partial charge in [0.15, 0.2) is 0 Å². The highest BCUT2D eigenvalue weighted by Gasteiger charge is 2.15. The monoisotopic (exact) mass is 274 g/mol. The Kier molecular flexibility index (Phi) is 3.83. The van der Waals surface area contributed by atoms with Crippen molar-refractivity contribution >= 4 is 17.1 Å². The Bertz CT molecular complexity index is 557. The largest absolute Gasteiger partial charge is 0.378 e. The Morgan fingerprint density at radius 3 is 2.95 bits per heavy atom. The lowest BCUT2D eigenvalue weighted by atomic mass is 10.3. The van der Waals surface area contributed by atoms with Gasteiger partial charge < -0.3 is 19.9 Å². The summed E-state index contributed by atoms with van der Waals surface area (Å²) in [5.74, 6) is 0.897. The Hall–Kier alpha value is -2.08. The highest BCUT2D eigenvalue weighted by atomic mass is 16.5. The maximum atomic E-state index is 11.9. The molecule has 1 aromatic heterocycles. The van der Waals surface area contributed by atoms with Gasteiger partial charge in [0, 0.05) is 26.1 Å². The summed E-state index contributed by atoms with van der Waals surface area (Å²) < 4.78 is 5.22. The number of nitrogens with zero attached hydrogens (tertiary/aromatic N) is 2. The van der Waals surface area contributed by atoms with E-state index in [2.05, 4.69) is 15.3 Å². The van der Waals surface area contributed by atoms with Crippen LogP contribution in [0.2, 0.25) is 0 Å². The second kappa shape index (κ2) is 5.92. The number of carbonyl (C=O) groups excluding carboxylic acids is 1. The number of morpholine rings is 1. The molecule has 0 atom stereocenters. The van der Waals surface area contributed by atoms with E-state index in [1.165, 1.54) is 0 Å². The summed E-state index contributed by atoms with van der Waals surface area (Å²) in [5.41, 5.74) is 1.99. The van der Waals surface area contributed by atoms with Crippen molar-refractivity contribution in [3.63, 3.8) is 0 Å². The van der Waals surface area contributed by atoms with E-state index in [1.807, 2.05) is 24.3 Å². The van der Waals surface area contributed by atoms with Gasteiger partial charge in [0.2, 0.25) is 0 Å². The van der Waals surface area contributed by atoms with Gasteiger partial charge in [0.05, 0.1) is 24.2 Å². The van der Waals surface area contributed by atoms with Crippen LogP contribution in [0.25, 0.3) is 11.0 Å². The predicted molar refractivity (Wildman–Crippen MR) is 75.6 cm³/mol. The summed E-state index contributed by atoms with van der Waals surface area (Å²) in [6.07, 6.45) is 0.699. The van der Waals surface area contributed by atoms with Crippen LogP contribution >= 0.6 is 0 Å². The van der Waals surface area contributed by atoms with E-state index < -0.39 is 0 Å². The number of ether oxygens (including phenoxy) is 1. The minimum absolute atomic E-state index is 0.0237. The van der Waals surface area contributed by atoms with Crippen LogP contribution in [0, 0.1) is 0 Å². The molecule has 1 aliphatic rings. The lowest BCUT2D eigenvalue weighted by Crippen LogP contribution is -2.46. The van der Waals surface area contributed by atoms with Gasteiger partial charge in [0.25, 0.3) is 0 Å². The van der Waals surface area contributed by atoms with E-state index in [4.69, 9.17) is 4.74 Å². The molecule has 20 heavy (non-hydrogen) atoms. The van der Waals surface area contributed by atoms with Crippen LogP contribution in [0.5, 0.6) is 0 Å². The number of aromatic nitrogens is 2. The molecule has 0 aliphatic carbocycles. The molecule has 0 spiro atoms. The standard InChI is InChI=1S/C14H18N4O2/c19-14(18-7-9-20-10-8-18)15-6-5-13-16-11-3-1-2-4-12(11)17-13/h1-4H,5-10H2,(H,15,19)(H,16,17). The first kappa shape index (κ1) is 12.9. The molecule has 1 aliphatic heterocycles. The fraction of sp³-hybridized carbons (Fsp3) is 0.429. The molecule has 2 heterocycles. The molecule has 3 rings (SSSR count). The molecule has 1 saturated heterocycles. The SMILES string of the molecule is O=C(NCCc1nc2ccccc2[nH]1)N1CCOCC1. The van der Waals surface area contributed by atoms with Crippen LogP contribution in [0.4, 0.5) is 4.79 Å². The molecule has 1 aromatic carbocycles. The highest BCUT2D eigenvalue weighted by Crippen LogP contribution is 2.10. The molecule has 0 unspecified atom stereocenters. The molecule has 0 saturated carbocycles. The van der Waals surface area contributed by atoms with Crippen LogP contribution in [-0.2, 0) is 11.2 Å². The molecule has 2 amide bonds. The predicted octanol–water partition coefficient (Wildman–Crippen LogP) is 1.15. The first-order valence-electron chi connectivity index (χ1n) is 6.87. The van der Waals surface area contributed by atoms with Crippen molar-refractivity contribution in [3.8, 4) is 0 Å². The van der Waals surface area contributed by atoms with E-state index in [0.717, 1.165) is 16.9 Å². The average Bonchev–Trinajstić information content (AvgIpc) is 2.90. The minimum Gasteiger partial charge on any atom is -0.378 e. The second-order valence-electron chi connectivity index (χ2n) is 4.78. The number of rotatable bonds is 3. The van der Waals surface area contributed by atoms with Gasteiger partial charge in [0.1, 0.15) is 5.82 Å². The van der Waals surface area contributed by atoms with Crippen molar-refractivity contribution in [2.45, 2.75) is 6.42 Å². The van der Waals surface area contributed by atoms with E-state index in [-0.39, 0.29) is 6.03 Å². The summed E-state index contributed by atoms with van der Waals surface area (Å²) in [4.78, 5) is 21.4. The number of hydrogen-bond acceptors (Lipinski definition) is 3. The molecular formula is C14H18N4O2. The molecular weight excluding hydrogens is 256 g/mol. The first-order chi connectivity index (χ1) is 9.83. The summed E-state index contributed by atoms with van der Waals surface area (Å²) in [6, 6.07) is 7.89.